The molecule has 0 bridgehead atoms. The quantitative estimate of drug-likeness (QED) is 0.215. The van der Waals surface area contributed by atoms with E-state index in [1.807, 2.05) is 30.3 Å². The number of para-hydroxylation sites is 2. The lowest BCUT2D eigenvalue weighted by atomic mass is 9.90. The molecule has 0 N–H and O–H groups in total. The summed E-state index contributed by atoms with van der Waals surface area (Å²) in [7, 11) is 0. The smallest absolute Gasteiger partial charge is 0.136 e. The molecule has 2 aromatic heterocycles. The van der Waals surface area contributed by atoms with Crippen LogP contribution in [-0.4, -0.2) is 0 Å². The van der Waals surface area contributed by atoms with E-state index in [1.54, 1.807) is 0 Å². The fraction of sp³-hybridized carbons (Fsp3) is 0. The number of fused-ring (bicyclic) bond motifs is 8. The number of furan rings is 2. The van der Waals surface area contributed by atoms with Gasteiger partial charge < -0.3 is 13.6 Å². The fourth-order valence-electron chi connectivity index (χ4n) is 6.80. The molecule has 0 saturated heterocycles. The standard InChI is InChI=1S/C40H22O3/c1-3-9-34-28(7-1)32-19-23(14-17-36(32)41-34)24-12-15-30-31-16-13-25(22-39(31)43-38(30)21-24)27-18-26-6-5-11-37-40(26)33(20-27)29-8-2-4-10-35(29)42-37/h1-22H. The van der Waals surface area contributed by atoms with Crippen LogP contribution in [0.25, 0.3) is 88.0 Å². The summed E-state index contributed by atoms with van der Waals surface area (Å²) >= 11 is 0. The van der Waals surface area contributed by atoms with Crippen LogP contribution in [0.2, 0.25) is 0 Å². The summed E-state index contributed by atoms with van der Waals surface area (Å²) in [6.45, 7) is 0. The molecule has 3 heteroatoms. The van der Waals surface area contributed by atoms with Crippen molar-refractivity contribution in [1.29, 1.82) is 0 Å². The van der Waals surface area contributed by atoms with Gasteiger partial charge in [-0.25, -0.2) is 0 Å². The Morgan fingerprint density at radius 2 is 1.00 bits per heavy atom. The summed E-state index contributed by atoms with van der Waals surface area (Å²) in [6.07, 6.45) is 0. The molecule has 0 aliphatic carbocycles. The Bertz CT molecular complexity index is 2600. The average molecular weight is 551 g/mol. The van der Waals surface area contributed by atoms with Crippen molar-refractivity contribution in [1.82, 2.24) is 0 Å². The highest BCUT2D eigenvalue weighted by Crippen LogP contribution is 2.48. The molecule has 7 aromatic carbocycles. The van der Waals surface area contributed by atoms with Gasteiger partial charge >= 0.3 is 0 Å². The SMILES string of the molecule is c1ccc2c(c1)Oc1cccc3cc(-c4ccc5c(c4)oc4cc(-c6ccc7oc8ccccc8c7c6)ccc45)cc-2c13. The Balaban J connectivity index is 1.10. The monoisotopic (exact) mass is 550 g/mol. The van der Waals surface area contributed by atoms with Gasteiger partial charge in [0.05, 0.1) is 0 Å². The van der Waals surface area contributed by atoms with Crippen molar-refractivity contribution in [2.45, 2.75) is 0 Å². The molecule has 9 aromatic rings. The second-order valence-electron chi connectivity index (χ2n) is 11.3. The van der Waals surface area contributed by atoms with Gasteiger partial charge in [0.15, 0.2) is 0 Å². The Labute approximate surface area is 246 Å². The highest BCUT2D eigenvalue weighted by atomic mass is 16.5. The van der Waals surface area contributed by atoms with E-state index in [-0.39, 0.29) is 0 Å². The average Bonchev–Trinajstić information content (AvgIpc) is 3.61. The molecule has 0 saturated carbocycles. The highest BCUT2D eigenvalue weighted by molar-refractivity contribution is 6.10. The molecule has 10 rings (SSSR count). The first-order valence-corrected chi connectivity index (χ1v) is 14.5. The Kier molecular flexibility index (Phi) is 4.45. The maximum absolute atomic E-state index is 6.51. The fourth-order valence-corrected chi connectivity index (χ4v) is 6.80. The molecule has 200 valence electrons. The Morgan fingerprint density at radius 1 is 0.349 bits per heavy atom. The third kappa shape index (κ3) is 3.30. The van der Waals surface area contributed by atoms with Crippen molar-refractivity contribution in [3.63, 3.8) is 0 Å². The summed E-state index contributed by atoms with van der Waals surface area (Å²) in [5, 5.41) is 6.80. The van der Waals surface area contributed by atoms with Crippen molar-refractivity contribution < 1.29 is 13.6 Å². The van der Waals surface area contributed by atoms with E-state index in [4.69, 9.17) is 13.6 Å². The maximum atomic E-state index is 6.51. The first-order chi connectivity index (χ1) is 21.3. The van der Waals surface area contributed by atoms with Crippen LogP contribution >= 0.6 is 0 Å². The van der Waals surface area contributed by atoms with Crippen molar-refractivity contribution in [3.8, 4) is 44.9 Å². The lowest BCUT2D eigenvalue weighted by molar-refractivity contribution is 0.487. The molecule has 1 aliphatic rings. The van der Waals surface area contributed by atoms with Gasteiger partial charge in [0.2, 0.25) is 0 Å². The van der Waals surface area contributed by atoms with Crippen LogP contribution < -0.4 is 4.74 Å². The van der Waals surface area contributed by atoms with Gasteiger partial charge in [-0.3, -0.25) is 0 Å². The van der Waals surface area contributed by atoms with Gasteiger partial charge in [0, 0.05) is 32.5 Å². The van der Waals surface area contributed by atoms with Gasteiger partial charge in [-0.05, 0) is 99.9 Å². The molecule has 0 radical (unpaired) electrons. The second-order valence-corrected chi connectivity index (χ2v) is 11.3. The van der Waals surface area contributed by atoms with Crippen LogP contribution in [0.4, 0.5) is 0 Å². The summed E-state index contributed by atoms with van der Waals surface area (Å²) in [6, 6.07) is 46.7. The molecule has 0 amide bonds. The lowest BCUT2D eigenvalue weighted by Gasteiger charge is -2.22. The van der Waals surface area contributed by atoms with Crippen LogP contribution in [0.3, 0.4) is 0 Å². The van der Waals surface area contributed by atoms with Crippen molar-refractivity contribution in [2.24, 2.45) is 0 Å². The minimum atomic E-state index is 0.881. The van der Waals surface area contributed by atoms with Crippen LogP contribution in [-0.2, 0) is 0 Å². The van der Waals surface area contributed by atoms with Gasteiger partial charge in [0.1, 0.15) is 33.8 Å². The molecular weight excluding hydrogens is 528 g/mol. The van der Waals surface area contributed by atoms with E-state index >= 15 is 0 Å². The first kappa shape index (κ1) is 22.8. The van der Waals surface area contributed by atoms with Crippen molar-refractivity contribution in [3.05, 3.63) is 133 Å². The van der Waals surface area contributed by atoms with E-state index in [0.29, 0.717) is 0 Å². The summed E-state index contributed by atoms with van der Waals surface area (Å²) in [5.74, 6) is 1.80. The second kappa shape index (κ2) is 8.37. The predicted octanol–water partition coefficient (Wildman–Crippen LogP) is 11.7. The highest BCUT2D eigenvalue weighted by Gasteiger charge is 2.21. The number of hydrogen-bond donors (Lipinski definition) is 0. The van der Waals surface area contributed by atoms with Crippen molar-refractivity contribution in [2.75, 3.05) is 0 Å². The molecule has 43 heavy (non-hydrogen) atoms. The molecule has 3 heterocycles. The number of benzene rings is 7. The van der Waals surface area contributed by atoms with Crippen LogP contribution in [0, 0.1) is 0 Å². The van der Waals surface area contributed by atoms with Gasteiger partial charge in [-0.15, -0.1) is 0 Å². The molecule has 0 unspecified atom stereocenters. The number of ether oxygens (including phenoxy) is 1. The molecular formula is C40H22O3. The van der Waals surface area contributed by atoms with Crippen LogP contribution in [0.15, 0.2) is 142 Å². The predicted molar refractivity (Wildman–Crippen MR) is 175 cm³/mol. The lowest BCUT2D eigenvalue weighted by Crippen LogP contribution is -1.97. The van der Waals surface area contributed by atoms with E-state index in [1.165, 1.54) is 5.56 Å². The molecule has 0 spiro atoms. The minimum absolute atomic E-state index is 0.881. The maximum Gasteiger partial charge on any atom is 0.136 e. The summed E-state index contributed by atoms with van der Waals surface area (Å²) < 4.78 is 18.8. The first-order valence-electron chi connectivity index (χ1n) is 14.5. The van der Waals surface area contributed by atoms with Crippen LogP contribution in [0.1, 0.15) is 0 Å². The molecule has 3 nitrogen and oxygen atoms in total. The Morgan fingerprint density at radius 3 is 1.88 bits per heavy atom. The van der Waals surface area contributed by atoms with Gasteiger partial charge in [-0.2, -0.15) is 0 Å². The third-order valence-electron chi connectivity index (χ3n) is 8.85. The van der Waals surface area contributed by atoms with Crippen molar-refractivity contribution >= 4 is 54.6 Å². The normalized spacial score (nSPS) is 12.4. The zero-order chi connectivity index (χ0) is 28.1. The minimum Gasteiger partial charge on any atom is -0.456 e. The molecule has 0 atom stereocenters. The molecule has 0 fully saturated rings. The largest absolute Gasteiger partial charge is 0.456 e. The van der Waals surface area contributed by atoms with Gasteiger partial charge in [0.25, 0.3) is 0 Å². The third-order valence-corrected chi connectivity index (χ3v) is 8.85. The van der Waals surface area contributed by atoms with E-state index in [0.717, 1.165) is 94.0 Å². The zero-order valence-corrected chi connectivity index (χ0v) is 22.9. The summed E-state index contributed by atoms with van der Waals surface area (Å²) in [5.41, 5.74) is 10.4. The van der Waals surface area contributed by atoms with E-state index < -0.39 is 0 Å². The zero-order valence-electron chi connectivity index (χ0n) is 22.9. The number of hydrogen-bond acceptors (Lipinski definition) is 3. The van der Waals surface area contributed by atoms with E-state index in [9.17, 15) is 0 Å². The summed E-state index contributed by atoms with van der Waals surface area (Å²) in [4.78, 5) is 0. The Hall–Kier alpha value is -5.80. The topological polar surface area (TPSA) is 35.5 Å². The van der Waals surface area contributed by atoms with Crippen LogP contribution in [0.5, 0.6) is 11.5 Å². The molecule has 1 aliphatic heterocycles. The van der Waals surface area contributed by atoms with E-state index in [2.05, 4.69) is 103 Å². The van der Waals surface area contributed by atoms with Gasteiger partial charge in [-0.1, -0.05) is 66.7 Å². The number of rotatable bonds is 2.